The first-order valence-corrected chi connectivity index (χ1v) is 7.48. The van der Waals surface area contributed by atoms with E-state index in [4.69, 9.17) is 10.00 Å². The van der Waals surface area contributed by atoms with Gasteiger partial charge in [0, 0.05) is 23.1 Å². The first-order chi connectivity index (χ1) is 11.6. The Kier molecular flexibility index (Phi) is 4.17. The summed E-state index contributed by atoms with van der Waals surface area (Å²) in [4.78, 5) is 12.5. The molecule has 0 spiro atoms. The first kappa shape index (κ1) is 15.6. The molecule has 118 valence electrons. The number of nitrogens with zero attached hydrogens (tertiary/aromatic N) is 1. The van der Waals surface area contributed by atoms with Gasteiger partial charge in [0.05, 0.1) is 11.6 Å². The van der Waals surface area contributed by atoms with Gasteiger partial charge in [-0.25, -0.2) is 0 Å². The Morgan fingerprint density at radius 1 is 1.29 bits per heavy atom. The van der Waals surface area contributed by atoms with E-state index in [0.29, 0.717) is 41.0 Å². The third kappa shape index (κ3) is 2.80. The van der Waals surface area contributed by atoms with Crippen molar-refractivity contribution < 1.29 is 14.6 Å². The van der Waals surface area contributed by atoms with E-state index in [-0.39, 0.29) is 11.5 Å². The Balaban J connectivity index is 1.93. The molecule has 0 atom stereocenters. The van der Waals surface area contributed by atoms with Crippen LogP contribution in [0.3, 0.4) is 0 Å². The number of aliphatic hydroxyl groups excluding tert-OH is 1. The second-order valence-electron chi connectivity index (χ2n) is 5.44. The lowest BCUT2D eigenvalue weighted by Gasteiger charge is -2.04. The Labute approximate surface area is 139 Å². The highest BCUT2D eigenvalue weighted by Gasteiger charge is 2.28. The normalized spacial score (nSPS) is 14.7. The summed E-state index contributed by atoms with van der Waals surface area (Å²) in [5.41, 5.74) is 2.79. The number of ether oxygens (including phenoxy) is 1. The molecule has 4 nitrogen and oxygen atoms in total. The molecular weight excluding hydrogens is 302 g/mol. The summed E-state index contributed by atoms with van der Waals surface area (Å²) in [6, 6.07) is 13.8. The van der Waals surface area contributed by atoms with Gasteiger partial charge in [0.15, 0.2) is 5.78 Å². The molecule has 0 bridgehead atoms. The van der Waals surface area contributed by atoms with E-state index in [1.54, 1.807) is 42.5 Å². The average molecular weight is 317 g/mol. The summed E-state index contributed by atoms with van der Waals surface area (Å²) in [7, 11) is 0. The minimum Gasteiger partial charge on any atom is -0.507 e. The first-order valence-electron chi connectivity index (χ1n) is 7.48. The molecule has 0 fully saturated rings. The molecular formula is C20H15NO3. The lowest BCUT2D eigenvalue weighted by atomic mass is 10.0. The van der Waals surface area contributed by atoms with Crippen molar-refractivity contribution in [3.63, 3.8) is 0 Å². The number of Topliss-reactive ketones (excluding diaryl/α,β-unsaturated/α-hetero) is 1. The van der Waals surface area contributed by atoms with Crippen LogP contribution in [0.4, 0.5) is 0 Å². The summed E-state index contributed by atoms with van der Waals surface area (Å²) in [5.74, 6) is 0.442. The van der Waals surface area contributed by atoms with Crippen LogP contribution in [0.5, 0.6) is 5.75 Å². The predicted octanol–water partition coefficient (Wildman–Crippen LogP) is 3.83. The van der Waals surface area contributed by atoms with Crippen molar-refractivity contribution in [1.29, 1.82) is 5.26 Å². The van der Waals surface area contributed by atoms with Crippen molar-refractivity contribution in [2.24, 2.45) is 0 Å². The van der Waals surface area contributed by atoms with Gasteiger partial charge < -0.3 is 9.84 Å². The van der Waals surface area contributed by atoms with Crippen LogP contribution >= 0.6 is 0 Å². The number of carbonyl (C=O) groups is 1. The van der Waals surface area contributed by atoms with Crippen molar-refractivity contribution >= 4 is 11.5 Å². The number of ketones is 1. The molecule has 3 rings (SSSR count). The highest BCUT2D eigenvalue weighted by atomic mass is 16.5. The Morgan fingerprint density at radius 3 is 2.71 bits per heavy atom. The molecule has 0 saturated heterocycles. The molecule has 1 aliphatic carbocycles. The largest absolute Gasteiger partial charge is 0.507 e. The maximum absolute atomic E-state index is 12.5. The van der Waals surface area contributed by atoms with Gasteiger partial charge in [0.25, 0.3) is 0 Å². The number of fused-ring (bicyclic) bond motifs is 1. The second-order valence-corrected chi connectivity index (χ2v) is 5.44. The number of carbonyl (C=O) groups excluding carboxylic acids is 1. The fourth-order valence-electron chi connectivity index (χ4n) is 2.68. The molecule has 0 heterocycles. The monoisotopic (exact) mass is 317 g/mol. The maximum Gasteiger partial charge on any atom is 0.193 e. The molecule has 1 aliphatic rings. The van der Waals surface area contributed by atoms with Crippen LogP contribution in [-0.4, -0.2) is 17.5 Å². The van der Waals surface area contributed by atoms with Crippen molar-refractivity contribution in [3.8, 4) is 11.8 Å². The molecule has 0 aromatic heterocycles. The number of aliphatic hydroxyl groups is 1. The van der Waals surface area contributed by atoms with Crippen LogP contribution < -0.4 is 4.74 Å². The molecule has 0 unspecified atom stereocenters. The minimum absolute atomic E-state index is 0.0470. The predicted molar refractivity (Wildman–Crippen MR) is 90.9 cm³/mol. The fraction of sp³-hybridized carbons (Fsp3) is 0.100. The smallest absolute Gasteiger partial charge is 0.193 e. The zero-order valence-corrected chi connectivity index (χ0v) is 13.0. The number of hydrogen-bond donors (Lipinski definition) is 1. The summed E-state index contributed by atoms with van der Waals surface area (Å²) in [6.45, 7) is 4.00. The molecule has 4 heteroatoms. The molecule has 0 amide bonds. The molecule has 1 N–H and O–H groups in total. The van der Waals surface area contributed by atoms with Crippen LogP contribution in [0.15, 0.2) is 60.7 Å². The third-order valence-electron chi connectivity index (χ3n) is 3.90. The van der Waals surface area contributed by atoms with Crippen LogP contribution in [0.1, 0.15) is 27.0 Å². The standard InChI is InChI=1S/C20H15NO3/c1-2-9-24-16-7-8-17-15(10-16)11-18(20(17)23)19(22)14-5-3-13(12-21)4-6-14/h2-8,10,22H,1,9,11H2. The molecule has 0 aliphatic heterocycles. The minimum atomic E-state index is -0.179. The van der Waals surface area contributed by atoms with Crippen LogP contribution in [-0.2, 0) is 6.42 Å². The fourth-order valence-corrected chi connectivity index (χ4v) is 2.68. The van der Waals surface area contributed by atoms with Crippen LogP contribution in [0.2, 0.25) is 0 Å². The number of allylic oxidation sites excluding steroid dienone is 1. The van der Waals surface area contributed by atoms with Crippen molar-refractivity contribution in [2.45, 2.75) is 6.42 Å². The van der Waals surface area contributed by atoms with E-state index in [1.165, 1.54) is 0 Å². The second kappa shape index (κ2) is 6.43. The van der Waals surface area contributed by atoms with Gasteiger partial charge in [-0.3, -0.25) is 4.79 Å². The van der Waals surface area contributed by atoms with E-state index in [0.717, 1.165) is 5.56 Å². The number of benzene rings is 2. The summed E-state index contributed by atoms with van der Waals surface area (Å²) < 4.78 is 5.48. The number of hydrogen-bond acceptors (Lipinski definition) is 4. The molecule has 2 aromatic carbocycles. The van der Waals surface area contributed by atoms with Crippen molar-refractivity contribution in [1.82, 2.24) is 0 Å². The van der Waals surface area contributed by atoms with Gasteiger partial charge in [-0.1, -0.05) is 12.7 Å². The molecule has 0 radical (unpaired) electrons. The van der Waals surface area contributed by atoms with E-state index in [9.17, 15) is 9.90 Å². The van der Waals surface area contributed by atoms with Gasteiger partial charge in [-0.15, -0.1) is 0 Å². The number of nitriles is 1. The van der Waals surface area contributed by atoms with Gasteiger partial charge in [0.2, 0.25) is 0 Å². The van der Waals surface area contributed by atoms with Gasteiger partial charge in [-0.05, 0) is 48.0 Å². The zero-order valence-electron chi connectivity index (χ0n) is 13.0. The quantitative estimate of drug-likeness (QED) is 0.528. The summed E-state index contributed by atoms with van der Waals surface area (Å²) in [5, 5.41) is 19.3. The van der Waals surface area contributed by atoms with Gasteiger partial charge in [-0.2, -0.15) is 5.26 Å². The van der Waals surface area contributed by atoms with Crippen LogP contribution in [0.25, 0.3) is 5.76 Å². The highest BCUT2D eigenvalue weighted by Crippen LogP contribution is 2.33. The van der Waals surface area contributed by atoms with E-state index < -0.39 is 0 Å². The average Bonchev–Trinajstić information content (AvgIpc) is 2.95. The molecule has 0 saturated carbocycles. The summed E-state index contributed by atoms with van der Waals surface area (Å²) in [6.07, 6.45) is 2.01. The molecule has 2 aromatic rings. The Bertz CT molecular complexity index is 886. The third-order valence-corrected chi connectivity index (χ3v) is 3.90. The maximum atomic E-state index is 12.5. The van der Waals surface area contributed by atoms with Crippen molar-refractivity contribution in [2.75, 3.05) is 6.61 Å². The zero-order chi connectivity index (χ0) is 17.1. The van der Waals surface area contributed by atoms with Gasteiger partial charge in [0.1, 0.15) is 18.1 Å². The Morgan fingerprint density at radius 2 is 2.04 bits per heavy atom. The van der Waals surface area contributed by atoms with E-state index in [2.05, 4.69) is 6.58 Å². The summed E-state index contributed by atoms with van der Waals surface area (Å²) >= 11 is 0. The lowest BCUT2D eigenvalue weighted by molar-refractivity contribution is 0.103. The van der Waals surface area contributed by atoms with E-state index in [1.807, 2.05) is 12.1 Å². The van der Waals surface area contributed by atoms with Gasteiger partial charge >= 0.3 is 0 Å². The van der Waals surface area contributed by atoms with Crippen molar-refractivity contribution in [3.05, 3.63) is 82.9 Å². The topological polar surface area (TPSA) is 70.3 Å². The number of rotatable bonds is 4. The Hall–Kier alpha value is -3.32. The SMILES string of the molecule is C=CCOc1ccc2c(c1)CC(=C(O)c1ccc(C#N)cc1)C2=O. The molecule has 24 heavy (non-hydrogen) atoms. The van der Waals surface area contributed by atoms with E-state index >= 15 is 0 Å². The lowest BCUT2D eigenvalue weighted by Crippen LogP contribution is -2.00. The highest BCUT2D eigenvalue weighted by molar-refractivity contribution is 6.16. The van der Waals surface area contributed by atoms with Crippen LogP contribution in [0, 0.1) is 11.3 Å².